The molecule has 0 atom stereocenters. The minimum Gasteiger partial charge on any atom is -0.290 e. The number of hydrogen-bond donors (Lipinski definition) is 0. The largest absolute Gasteiger partial charge is 0.290 e. The number of aromatic nitrogens is 6. The molecule has 9 aromatic rings. The summed E-state index contributed by atoms with van der Waals surface area (Å²) in [7, 11) is 0. The molecule has 0 radical (unpaired) electrons. The summed E-state index contributed by atoms with van der Waals surface area (Å²) in [4.78, 5) is 24.5. The monoisotopic (exact) mass is 628 g/mol. The average Bonchev–Trinajstić information content (AvgIpc) is 3.60. The highest BCUT2D eigenvalue weighted by atomic mass is 15.1. The van der Waals surface area contributed by atoms with Crippen LogP contribution in [0.1, 0.15) is 0 Å². The molecular formula is C43H28N6. The molecule has 6 nitrogen and oxygen atoms in total. The third-order valence-electron chi connectivity index (χ3n) is 8.74. The van der Waals surface area contributed by atoms with Crippen molar-refractivity contribution in [3.8, 4) is 62.0 Å². The second kappa shape index (κ2) is 12.1. The average molecular weight is 629 g/mol. The van der Waals surface area contributed by atoms with Crippen LogP contribution in [0.15, 0.2) is 170 Å². The van der Waals surface area contributed by atoms with Gasteiger partial charge in [-0.1, -0.05) is 84.9 Å². The van der Waals surface area contributed by atoms with Crippen LogP contribution in [0.5, 0.6) is 0 Å². The van der Waals surface area contributed by atoms with Crippen LogP contribution in [0.2, 0.25) is 0 Å². The van der Waals surface area contributed by atoms with Crippen LogP contribution in [0, 0.1) is 0 Å². The second-order valence-electron chi connectivity index (χ2n) is 11.8. The van der Waals surface area contributed by atoms with Gasteiger partial charge in [-0.05, 0) is 77.9 Å². The van der Waals surface area contributed by atoms with Gasteiger partial charge in [-0.3, -0.25) is 19.5 Å². The summed E-state index contributed by atoms with van der Waals surface area (Å²) < 4.78 is 2.22. The topological polar surface area (TPSA) is 69.4 Å². The number of imidazole rings is 1. The van der Waals surface area contributed by atoms with Gasteiger partial charge < -0.3 is 0 Å². The Balaban J connectivity index is 1.24. The SMILES string of the molecule is c1ccc(-c2nc3cccnc3c3nc(-c4ccc(-c5cc(-c6ccccn6)cc(-c6ccccn6)c5)cc4)n(-c4ccccc4)c23)cc1. The Bertz CT molecular complexity index is 2510. The van der Waals surface area contributed by atoms with E-state index in [9.17, 15) is 0 Å². The lowest BCUT2D eigenvalue weighted by atomic mass is 9.96. The molecule has 0 aliphatic heterocycles. The Hall–Kier alpha value is -6.79. The molecule has 4 aromatic carbocycles. The van der Waals surface area contributed by atoms with Crippen molar-refractivity contribution in [2.24, 2.45) is 0 Å². The van der Waals surface area contributed by atoms with E-state index in [4.69, 9.17) is 15.0 Å². The fourth-order valence-corrected chi connectivity index (χ4v) is 6.43. The van der Waals surface area contributed by atoms with Crippen LogP contribution in [0.3, 0.4) is 0 Å². The summed E-state index contributed by atoms with van der Waals surface area (Å²) in [6.45, 7) is 0. The predicted octanol–water partition coefficient (Wildman–Crippen LogP) is 10.1. The van der Waals surface area contributed by atoms with E-state index in [1.165, 1.54) is 0 Å². The quantitative estimate of drug-likeness (QED) is 0.183. The van der Waals surface area contributed by atoms with E-state index in [0.717, 1.165) is 84.0 Å². The van der Waals surface area contributed by atoms with Crippen molar-refractivity contribution in [3.05, 3.63) is 170 Å². The summed E-state index contributed by atoms with van der Waals surface area (Å²) >= 11 is 0. The molecule has 0 fully saturated rings. The van der Waals surface area contributed by atoms with Gasteiger partial charge in [0.25, 0.3) is 0 Å². The smallest absolute Gasteiger partial charge is 0.145 e. The van der Waals surface area contributed by atoms with Gasteiger partial charge in [-0.2, -0.15) is 0 Å². The summed E-state index contributed by atoms with van der Waals surface area (Å²) in [5, 5.41) is 0. The van der Waals surface area contributed by atoms with Gasteiger partial charge in [0.05, 0.1) is 22.6 Å². The molecule has 0 saturated heterocycles. The van der Waals surface area contributed by atoms with Crippen molar-refractivity contribution in [1.82, 2.24) is 29.5 Å². The number of hydrogen-bond acceptors (Lipinski definition) is 5. The van der Waals surface area contributed by atoms with Gasteiger partial charge in [-0.25, -0.2) is 9.97 Å². The second-order valence-corrected chi connectivity index (χ2v) is 11.8. The molecule has 5 aromatic heterocycles. The molecule has 6 heteroatoms. The van der Waals surface area contributed by atoms with Crippen molar-refractivity contribution in [3.63, 3.8) is 0 Å². The lowest BCUT2D eigenvalue weighted by Crippen LogP contribution is -2.00. The van der Waals surface area contributed by atoms with Gasteiger partial charge in [-0.15, -0.1) is 0 Å². The molecule has 0 aliphatic rings. The molecule has 9 rings (SSSR count). The highest BCUT2D eigenvalue weighted by molar-refractivity contribution is 6.07. The zero-order valence-electron chi connectivity index (χ0n) is 26.3. The number of rotatable bonds is 6. The minimum absolute atomic E-state index is 0.776. The Morgan fingerprint density at radius 2 is 0.980 bits per heavy atom. The van der Waals surface area contributed by atoms with E-state index in [0.29, 0.717) is 0 Å². The Labute approximate surface area is 283 Å². The lowest BCUT2D eigenvalue weighted by molar-refractivity contribution is 1.10. The highest BCUT2D eigenvalue weighted by Crippen LogP contribution is 2.38. The molecule has 0 spiro atoms. The van der Waals surface area contributed by atoms with Crippen LogP contribution in [-0.2, 0) is 0 Å². The van der Waals surface area contributed by atoms with Crippen molar-refractivity contribution < 1.29 is 0 Å². The standard InChI is InChI=1S/C43H28N6/c1-3-12-30(13-4-1)39-42-41(40-38(47-39)18-11-25-46-40)48-43(49(42)35-14-5-2-6-15-35)31-21-19-29(20-22-31)32-26-33(36-16-7-9-23-44-36)28-34(27-32)37-17-8-10-24-45-37/h1-28H. The fourth-order valence-electron chi connectivity index (χ4n) is 6.43. The molecule has 0 saturated carbocycles. The van der Waals surface area contributed by atoms with Gasteiger partial charge in [0.1, 0.15) is 22.4 Å². The Morgan fingerprint density at radius 1 is 0.388 bits per heavy atom. The fraction of sp³-hybridized carbons (Fsp3) is 0. The maximum absolute atomic E-state index is 5.33. The molecule has 0 unspecified atom stereocenters. The van der Waals surface area contributed by atoms with Crippen molar-refractivity contribution in [1.29, 1.82) is 0 Å². The third-order valence-corrected chi connectivity index (χ3v) is 8.74. The van der Waals surface area contributed by atoms with Gasteiger partial charge in [0.2, 0.25) is 0 Å². The van der Waals surface area contributed by atoms with Crippen LogP contribution < -0.4 is 0 Å². The molecule has 0 N–H and O–H groups in total. The lowest BCUT2D eigenvalue weighted by Gasteiger charge is -2.13. The van der Waals surface area contributed by atoms with Crippen LogP contribution >= 0.6 is 0 Å². The normalized spacial score (nSPS) is 11.3. The van der Waals surface area contributed by atoms with E-state index in [-0.39, 0.29) is 0 Å². The highest BCUT2D eigenvalue weighted by Gasteiger charge is 2.22. The first kappa shape index (κ1) is 28.4. The van der Waals surface area contributed by atoms with Gasteiger partial charge >= 0.3 is 0 Å². The van der Waals surface area contributed by atoms with E-state index in [1.54, 1.807) is 6.20 Å². The Kier molecular flexibility index (Phi) is 7.02. The van der Waals surface area contributed by atoms with Crippen molar-refractivity contribution in [2.75, 3.05) is 0 Å². The summed E-state index contributed by atoms with van der Waals surface area (Å²) in [5.74, 6) is 0.821. The van der Waals surface area contributed by atoms with Crippen LogP contribution in [0.25, 0.3) is 84.0 Å². The maximum Gasteiger partial charge on any atom is 0.145 e. The van der Waals surface area contributed by atoms with Gasteiger partial charge in [0, 0.05) is 46.5 Å². The molecule has 0 aliphatic carbocycles. The first-order chi connectivity index (χ1) is 24.3. The first-order valence-electron chi connectivity index (χ1n) is 16.2. The number of nitrogens with zero attached hydrogens (tertiary/aromatic N) is 6. The van der Waals surface area contributed by atoms with E-state index >= 15 is 0 Å². The summed E-state index contributed by atoms with van der Waals surface area (Å²) in [6.07, 6.45) is 5.46. The molecule has 49 heavy (non-hydrogen) atoms. The zero-order chi connectivity index (χ0) is 32.6. The third kappa shape index (κ3) is 5.22. The number of fused-ring (bicyclic) bond motifs is 3. The number of para-hydroxylation sites is 1. The van der Waals surface area contributed by atoms with E-state index < -0.39 is 0 Å². The molecule has 230 valence electrons. The number of pyridine rings is 4. The number of benzene rings is 4. The predicted molar refractivity (Wildman–Crippen MR) is 197 cm³/mol. The van der Waals surface area contributed by atoms with Crippen LogP contribution in [-0.4, -0.2) is 29.5 Å². The molecule has 0 amide bonds. The minimum atomic E-state index is 0.776. The molecule has 0 bridgehead atoms. The molecular weight excluding hydrogens is 601 g/mol. The molecule has 5 heterocycles. The van der Waals surface area contributed by atoms with E-state index in [1.807, 2.05) is 85.2 Å². The van der Waals surface area contributed by atoms with Crippen molar-refractivity contribution in [2.45, 2.75) is 0 Å². The van der Waals surface area contributed by atoms with Gasteiger partial charge in [0.15, 0.2) is 0 Å². The maximum atomic E-state index is 5.33. The Morgan fingerprint density at radius 3 is 1.63 bits per heavy atom. The van der Waals surface area contributed by atoms with Crippen LogP contribution in [0.4, 0.5) is 0 Å². The summed E-state index contributed by atoms with van der Waals surface area (Å²) in [5.41, 5.74) is 13.3. The summed E-state index contributed by atoms with van der Waals surface area (Å²) in [6, 6.07) is 51.7. The first-order valence-corrected chi connectivity index (χ1v) is 16.2. The van der Waals surface area contributed by atoms with Crippen molar-refractivity contribution >= 4 is 22.1 Å². The van der Waals surface area contributed by atoms with E-state index in [2.05, 4.69) is 93.4 Å². The zero-order valence-corrected chi connectivity index (χ0v) is 26.3.